The third-order valence-electron chi connectivity index (χ3n) is 4.13. The number of amides is 1. The molecule has 0 unspecified atom stereocenters. The van der Waals surface area contributed by atoms with Crippen LogP contribution < -0.4 is 20.1 Å². The molecule has 30 heavy (non-hydrogen) atoms. The van der Waals surface area contributed by atoms with Gasteiger partial charge in [-0.3, -0.25) is 10.1 Å². The standard InChI is InChI=1S/C23H29BrN2O3S/c1-4-5-6-7-13-28-19-10-8-9-18(15-19)25-23(30)26-22(27)20-14-17(24)11-12-21(20)29-16(2)3/h8-12,14-16H,4-7,13H2,1-3H3,(H2,25,26,27,30). The van der Waals surface area contributed by atoms with Crippen molar-refractivity contribution in [1.82, 2.24) is 5.32 Å². The van der Waals surface area contributed by atoms with Crippen molar-refractivity contribution in [2.75, 3.05) is 11.9 Å². The van der Waals surface area contributed by atoms with Crippen LogP contribution in [0.3, 0.4) is 0 Å². The van der Waals surface area contributed by atoms with E-state index < -0.39 is 0 Å². The number of unbranched alkanes of at least 4 members (excludes halogenated alkanes) is 3. The van der Waals surface area contributed by atoms with Crippen molar-refractivity contribution in [3.63, 3.8) is 0 Å². The minimum Gasteiger partial charge on any atom is -0.494 e. The molecule has 2 rings (SSSR count). The first-order chi connectivity index (χ1) is 14.4. The number of carbonyl (C=O) groups is 1. The summed E-state index contributed by atoms with van der Waals surface area (Å²) < 4.78 is 12.3. The van der Waals surface area contributed by atoms with Gasteiger partial charge >= 0.3 is 0 Å². The largest absolute Gasteiger partial charge is 0.494 e. The fourth-order valence-corrected chi connectivity index (χ4v) is 3.32. The highest BCUT2D eigenvalue weighted by Gasteiger charge is 2.16. The fourth-order valence-electron chi connectivity index (χ4n) is 2.75. The van der Waals surface area contributed by atoms with E-state index in [1.54, 1.807) is 12.1 Å². The molecule has 0 aliphatic carbocycles. The number of carbonyl (C=O) groups excluding carboxylic acids is 1. The van der Waals surface area contributed by atoms with E-state index >= 15 is 0 Å². The molecule has 0 aliphatic heterocycles. The van der Waals surface area contributed by atoms with Crippen LogP contribution in [0.4, 0.5) is 5.69 Å². The Labute approximate surface area is 192 Å². The average Bonchev–Trinajstić information content (AvgIpc) is 2.69. The molecule has 5 nitrogen and oxygen atoms in total. The van der Waals surface area contributed by atoms with Crippen LogP contribution in [0.15, 0.2) is 46.9 Å². The van der Waals surface area contributed by atoms with Crippen molar-refractivity contribution in [1.29, 1.82) is 0 Å². The quantitative estimate of drug-likeness (QED) is 0.300. The van der Waals surface area contributed by atoms with Crippen LogP contribution in [-0.2, 0) is 0 Å². The number of halogens is 1. The average molecular weight is 493 g/mol. The van der Waals surface area contributed by atoms with Crippen molar-refractivity contribution >= 4 is 44.9 Å². The summed E-state index contributed by atoms with van der Waals surface area (Å²) in [5, 5.41) is 5.95. The second kappa shape index (κ2) is 12.5. The van der Waals surface area contributed by atoms with E-state index in [4.69, 9.17) is 21.7 Å². The summed E-state index contributed by atoms with van der Waals surface area (Å²) in [6.07, 6.45) is 4.58. The van der Waals surface area contributed by atoms with Crippen molar-refractivity contribution in [2.24, 2.45) is 0 Å². The Kier molecular flexibility index (Phi) is 10.1. The molecule has 0 saturated carbocycles. The van der Waals surface area contributed by atoms with Crippen LogP contribution in [0.1, 0.15) is 56.8 Å². The molecule has 162 valence electrons. The second-order valence-electron chi connectivity index (χ2n) is 7.15. The number of hydrogen-bond acceptors (Lipinski definition) is 4. The summed E-state index contributed by atoms with van der Waals surface area (Å²) in [5.41, 5.74) is 1.16. The first-order valence-electron chi connectivity index (χ1n) is 10.2. The van der Waals surface area contributed by atoms with Gasteiger partial charge in [0.2, 0.25) is 0 Å². The van der Waals surface area contributed by atoms with E-state index in [-0.39, 0.29) is 17.1 Å². The van der Waals surface area contributed by atoms with Gasteiger partial charge in [0.15, 0.2) is 5.11 Å². The highest BCUT2D eigenvalue weighted by atomic mass is 79.9. The molecule has 2 aromatic rings. The Bertz CT molecular complexity index is 858. The Morgan fingerprint density at radius 1 is 1.13 bits per heavy atom. The zero-order chi connectivity index (χ0) is 21.9. The summed E-state index contributed by atoms with van der Waals surface area (Å²) in [4.78, 5) is 12.7. The van der Waals surface area contributed by atoms with Crippen LogP contribution in [0, 0.1) is 0 Å². The number of rotatable bonds is 10. The Balaban J connectivity index is 1.95. The maximum atomic E-state index is 12.7. The third kappa shape index (κ3) is 8.32. The van der Waals surface area contributed by atoms with Crippen LogP contribution >= 0.6 is 28.1 Å². The topological polar surface area (TPSA) is 59.6 Å². The van der Waals surface area contributed by atoms with Crippen molar-refractivity contribution in [2.45, 2.75) is 52.6 Å². The number of anilines is 1. The molecule has 0 atom stereocenters. The molecule has 0 aliphatic rings. The molecule has 1 amide bonds. The molecule has 0 saturated heterocycles. The normalized spacial score (nSPS) is 10.6. The van der Waals surface area contributed by atoms with Crippen LogP contribution in [0.5, 0.6) is 11.5 Å². The maximum absolute atomic E-state index is 12.7. The molecule has 2 N–H and O–H groups in total. The minimum atomic E-state index is -0.340. The lowest BCUT2D eigenvalue weighted by molar-refractivity contribution is 0.0972. The van der Waals surface area contributed by atoms with Crippen molar-refractivity contribution in [3.8, 4) is 11.5 Å². The van der Waals surface area contributed by atoms with E-state index in [1.807, 2.05) is 44.2 Å². The minimum absolute atomic E-state index is 0.0486. The summed E-state index contributed by atoms with van der Waals surface area (Å²) in [5.74, 6) is 0.935. The predicted octanol–water partition coefficient (Wildman–Crippen LogP) is 6.32. The predicted molar refractivity (Wildman–Crippen MR) is 130 cm³/mol. The molecular formula is C23H29BrN2O3S. The van der Waals surface area contributed by atoms with Gasteiger partial charge in [0.1, 0.15) is 11.5 Å². The molecule has 0 bridgehead atoms. The smallest absolute Gasteiger partial charge is 0.261 e. The molecular weight excluding hydrogens is 464 g/mol. The van der Waals surface area contributed by atoms with Gasteiger partial charge in [-0.05, 0) is 62.8 Å². The third-order valence-corrected chi connectivity index (χ3v) is 4.83. The van der Waals surface area contributed by atoms with E-state index in [2.05, 4.69) is 33.5 Å². The molecule has 0 aromatic heterocycles. The van der Waals surface area contributed by atoms with Crippen LogP contribution in [-0.4, -0.2) is 23.7 Å². The van der Waals surface area contributed by atoms with Crippen LogP contribution in [0.25, 0.3) is 0 Å². The summed E-state index contributed by atoms with van der Waals surface area (Å²) in [6.45, 7) is 6.70. The number of hydrogen-bond donors (Lipinski definition) is 2. The van der Waals surface area contributed by atoms with Crippen LogP contribution in [0.2, 0.25) is 0 Å². The van der Waals surface area contributed by atoms with Gasteiger partial charge in [-0.1, -0.05) is 48.2 Å². The molecule has 0 fully saturated rings. The maximum Gasteiger partial charge on any atom is 0.261 e. The first-order valence-corrected chi connectivity index (χ1v) is 11.4. The highest BCUT2D eigenvalue weighted by Crippen LogP contribution is 2.24. The van der Waals surface area contributed by atoms with E-state index in [1.165, 1.54) is 19.3 Å². The summed E-state index contributed by atoms with van der Waals surface area (Å²) in [7, 11) is 0. The van der Waals surface area contributed by atoms with E-state index in [9.17, 15) is 4.79 Å². The second-order valence-corrected chi connectivity index (χ2v) is 8.48. The Hall–Kier alpha value is -2.12. The van der Waals surface area contributed by atoms with Gasteiger partial charge < -0.3 is 14.8 Å². The van der Waals surface area contributed by atoms with Gasteiger partial charge in [0.25, 0.3) is 5.91 Å². The molecule has 0 radical (unpaired) electrons. The fraction of sp³-hybridized carbons (Fsp3) is 0.391. The molecule has 0 heterocycles. The van der Waals surface area contributed by atoms with Crippen molar-refractivity contribution < 1.29 is 14.3 Å². The van der Waals surface area contributed by atoms with E-state index in [0.717, 1.165) is 22.3 Å². The Morgan fingerprint density at radius 3 is 2.67 bits per heavy atom. The molecule has 0 spiro atoms. The highest BCUT2D eigenvalue weighted by molar-refractivity contribution is 9.10. The number of nitrogens with one attached hydrogen (secondary N) is 2. The monoisotopic (exact) mass is 492 g/mol. The number of thiocarbonyl (C=S) groups is 1. The number of benzene rings is 2. The van der Waals surface area contributed by atoms with Crippen molar-refractivity contribution in [3.05, 3.63) is 52.5 Å². The lowest BCUT2D eigenvalue weighted by Crippen LogP contribution is -2.34. The SMILES string of the molecule is CCCCCCOc1cccc(NC(=S)NC(=O)c2cc(Br)ccc2OC(C)C)c1. The van der Waals surface area contributed by atoms with Gasteiger partial charge in [-0.15, -0.1) is 0 Å². The molecule has 7 heteroatoms. The van der Waals surface area contributed by atoms with Gasteiger partial charge in [0.05, 0.1) is 18.3 Å². The van der Waals surface area contributed by atoms with E-state index in [0.29, 0.717) is 17.9 Å². The summed E-state index contributed by atoms with van der Waals surface area (Å²) >= 11 is 8.71. The zero-order valence-corrected chi connectivity index (χ0v) is 20.1. The van der Waals surface area contributed by atoms with Gasteiger partial charge in [-0.2, -0.15) is 0 Å². The van der Waals surface area contributed by atoms with Gasteiger partial charge in [-0.25, -0.2) is 0 Å². The lowest BCUT2D eigenvalue weighted by atomic mass is 10.2. The summed E-state index contributed by atoms with van der Waals surface area (Å²) in [6, 6.07) is 12.8. The first kappa shape index (κ1) is 24.2. The number of ether oxygens (including phenoxy) is 2. The lowest BCUT2D eigenvalue weighted by Gasteiger charge is -2.15. The molecule has 2 aromatic carbocycles. The van der Waals surface area contributed by atoms with Gasteiger partial charge in [0, 0.05) is 16.2 Å². The Morgan fingerprint density at radius 2 is 1.93 bits per heavy atom. The zero-order valence-electron chi connectivity index (χ0n) is 17.7.